The fourth-order valence-corrected chi connectivity index (χ4v) is 5.34. The fraction of sp³-hybridized carbons (Fsp3) is 0.613. The molecular formula is C31H46N2O3. The Kier molecular flexibility index (Phi) is 8.74. The topological polar surface area (TPSA) is 67.4 Å². The van der Waals surface area contributed by atoms with Crippen molar-refractivity contribution in [2.24, 2.45) is 0 Å². The summed E-state index contributed by atoms with van der Waals surface area (Å²) < 4.78 is 5.87. The number of amides is 2. The van der Waals surface area contributed by atoms with E-state index in [0.29, 0.717) is 19.4 Å². The maximum Gasteiger partial charge on any atom is 0.246 e. The molecule has 0 spiro atoms. The summed E-state index contributed by atoms with van der Waals surface area (Å²) in [4.78, 5) is 26.8. The van der Waals surface area contributed by atoms with Crippen molar-refractivity contribution >= 4 is 11.8 Å². The zero-order chi connectivity index (χ0) is 26.6. The molecule has 0 aromatic heterocycles. The molecule has 1 saturated carbocycles. The summed E-state index contributed by atoms with van der Waals surface area (Å²) in [5.74, 6) is 0.734. The lowest BCUT2D eigenvalue weighted by Crippen LogP contribution is -2.60. The highest BCUT2D eigenvalue weighted by atomic mass is 16.5. The summed E-state index contributed by atoms with van der Waals surface area (Å²) >= 11 is 0. The first kappa shape index (κ1) is 28.0. The van der Waals surface area contributed by atoms with Gasteiger partial charge in [0.15, 0.2) is 0 Å². The lowest BCUT2D eigenvalue weighted by Gasteiger charge is -2.37. The SMILES string of the molecule is COc1c(C(C)(C)C)cc(CC(=O)NC2(C(=O)NCC3=CCCC=C3)CCCCC2)cc1C(C)(C)C. The molecule has 2 aliphatic rings. The van der Waals surface area contributed by atoms with E-state index in [1.54, 1.807) is 7.11 Å². The molecule has 0 heterocycles. The normalized spacial score (nSPS) is 17.8. The first-order chi connectivity index (χ1) is 16.9. The molecule has 1 fully saturated rings. The van der Waals surface area contributed by atoms with Gasteiger partial charge in [-0.3, -0.25) is 9.59 Å². The number of methoxy groups -OCH3 is 1. The number of benzene rings is 1. The van der Waals surface area contributed by atoms with Crippen LogP contribution in [0.25, 0.3) is 0 Å². The van der Waals surface area contributed by atoms with Gasteiger partial charge in [0.1, 0.15) is 11.3 Å². The van der Waals surface area contributed by atoms with Gasteiger partial charge in [-0.15, -0.1) is 0 Å². The predicted molar refractivity (Wildman–Crippen MR) is 148 cm³/mol. The first-order valence-electron chi connectivity index (χ1n) is 13.5. The summed E-state index contributed by atoms with van der Waals surface area (Å²) in [7, 11) is 1.72. The van der Waals surface area contributed by atoms with Gasteiger partial charge >= 0.3 is 0 Å². The molecule has 3 rings (SSSR count). The van der Waals surface area contributed by atoms with Crippen molar-refractivity contribution in [2.45, 2.75) is 109 Å². The second-order valence-electron chi connectivity index (χ2n) is 12.5. The van der Waals surface area contributed by atoms with Crippen LogP contribution < -0.4 is 15.4 Å². The lowest BCUT2D eigenvalue weighted by atomic mass is 9.78. The molecule has 0 atom stereocenters. The Morgan fingerprint density at radius 3 is 2.06 bits per heavy atom. The van der Waals surface area contributed by atoms with Gasteiger partial charge < -0.3 is 15.4 Å². The van der Waals surface area contributed by atoms with Crippen LogP contribution in [-0.2, 0) is 26.8 Å². The van der Waals surface area contributed by atoms with E-state index < -0.39 is 5.54 Å². The van der Waals surface area contributed by atoms with Crippen LogP contribution in [-0.4, -0.2) is 31.0 Å². The van der Waals surface area contributed by atoms with Crippen LogP contribution in [0.5, 0.6) is 5.75 Å². The Bertz CT molecular complexity index is 980. The number of nitrogens with one attached hydrogen (secondary N) is 2. The molecule has 5 nitrogen and oxygen atoms in total. The minimum absolute atomic E-state index is 0.0593. The van der Waals surface area contributed by atoms with Gasteiger partial charge in [-0.1, -0.05) is 91.2 Å². The van der Waals surface area contributed by atoms with Gasteiger partial charge in [0.25, 0.3) is 0 Å². The molecule has 0 aliphatic heterocycles. The standard InChI is InChI=1S/C31H46N2O3/c1-29(2,3)24-18-23(19-25(27(24)36-7)30(4,5)6)20-26(34)33-31(16-12-9-13-17-31)28(35)32-21-22-14-10-8-11-15-22/h10,14-15,18-19H,8-9,11-13,16-17,20-21H2,1-7H3,(H,32,35)(H,33,34). The highest BCUT2D eigenvalue weighted by Crippen LogP contribution is 2.40. The molecule has 0 bridgehead atoms. The van der Waals surface area contributed by atoms with Crippen molar-refractivity contribution < 1.29 is 14.3 Å². The summed E-state index contributed by atoms with van der Waals surface area (Å²) in [6, 6.07) is 4.20. The predicted octanol–water partition coefficient (Wildman–Crippen LogP) is 6.04. The van der Waals surface area contributed by atoms with E-state index in [9.17, 15) is 9.59 Å². The van der Waals surface area contributed by atoms with E-state index in [0.717, 1.165) is 60.1 Å². The van der Waals surface area contributed by atoms with Crippen LogP contribution in [0, 0.1) is 0 Å². The third-order valence-corrected chi connectivity index (χ3v) is 7.38. The second-order valence-corrected chi connectivity index (χ2v) is 12.5. The van der Waals surface area contributed by atoms with Gasteiger partial charge in [0, 0.05) is 17.7 Å². The number of carbonyl (C=O) groups excluding carboxylic acids is 2. The molecule has 198 valence electrons. The lowest BCUT2D eigenvalue weighted by molar-refractivity contribution is -0.134. The first-order valence-corrected chi connectivity index (χ1v) is 13.5. The van der Waals surface area contributed by atoms with Crippen LogP contribution in [0.4, 0.5) is 0 Å². The highest BCUT2D eigenvalue weighted by Gasteiger charge is 2.40. The molecule has 1 aromatic carbocycles. The molecule has 0 saturated heterocycles. The molecule has 0 unspecified atom stereocenters. The van der Waals surface area contributed by atoms with Crippen LogP contribution in [0.1, 0.15) is 103 Å². The summed E-state index contributed by atoms with van der Waals surface area (Å²) in [5.41, 5.74) is 3.18. The van der Waals surface area contributed by atoms with Crippen molar-refractivity contribution in [1.29, 1.82) is 0 Å². The summed E-state index contributed by atoms with van der Waals surface area (Å²) in [5, 5.41) is 6.31. The van der Waals surface area contributed by atoms with Crippen molar-refractivity contribution in [3.63, 3.8) is 0 Å². The number of hydrogen-bond donors (Lipinski definition) is 2. The molecule has 2 amide bonds. The zero-order valence-electron chi connectivity index (χ0n) is 23.5. The third-order valence-electron chi connectivity index (χ3n) is 7.38. The average molecular weight is 495 g/mol. The van der Waals surface area contributed by atoms with Crippen molar-refractivity contribution in [3.05, 3.63) is 52.6 Å². The quantitative estimate of drug-likeness (QED) is 0.485. The zero-order valence-corrected chi connectivity index (χ0v) is 23.5. The van der Waals surface area contributed by atoms with E-state index in [-0.39, 0.29) is 29.1 Å². The Balaban J connectivity index is 1.83. The fourth-order valence-electron chi connectivity index (χ4n) is 5.34. The van der Waals surface area contributed by atoms with Crippen LogP contribution in [0.15, 0.2) is 35.9 Å². The van der Waals surface area contributed by atoms with E-state index >= 15 is 0 Å². The average Bonchev–Trinajstić information content (AvgIpc) is 2.82. The van der Waals surface area contributed by atoms with Gasteiger partial charge in [-0.25, -0.2) is 0 Å². The number of rotatable bonds is 7. The minimum atomic E-state index is -0.833. The Labute approximate surface area is 218 Å². The Hall–Kier alpha value is -2.56. The largest absolute Gasteiger partial charge is 0.496 e. The number of hydrogen-bond acceptors (Lipinski definition) is 3. The maximum absolute atomic E-state index is 13.4. The Morgan fingerprint density at radius 2 is 1.56 bits per heavy atom. The van der Waals surface area contributed by atoms with Crippen molar-refractivity contribution in [1.82, 2.24) is 10.6 Å². The molecular weight excluding hydrogens is 448 g/mol. The molecule has 2 aliphatic carbocycles. The van der Waals surface area contributed by atoms with Gasteiger partial charge in [-0.05, 0) is 47.6 Å². The van der Waals surface area contributed by atoms with Gasteiger partial charge in [0.05, 0.1) is 13.5 Å². The maximum atomic E-state index is 13.4. The monoisotopic (exact) mass is 494 g/mol. The van der Waals surface area contributed by atoms with E-state index in [4.69, 9.17) is 4.74 Å². The van der Waals surface area contributed by atoms with Crippen molar-refractivity contribution in [2.75, 3.05) is 13.7 Å². The number of allylic oxidation sites excluding steroid dienone is 2. The molecule has 1 aromatic rings. The van der Waals surface area contributed by atoms with E-state index in [1.165, 1.54) is 0 Å². The van der Waals surface area contributed by atoms with Gasteiger partial charge in [0.2, 0.25) is 11.8 Å². The van der Waals surface area contributed by atoms with Crippen LogP contribution in [0.3, 0.4) is 0 Å². The van der Waals surface area contributed by atoms with Crippen molar-refractivity contribution in [3.8, 4) is 5.75 Å². The molecule has 36 heavy (non-hydrogen) atoms. The summed E-state index contributed by atoms with van der Waals surface area (Å²) in [6.45, 7) is 13.5. The van der Waals surface area contributed by atoms with E-state index in [2.05, 4.69) is 82.5 Å². The van der Waals surface area contributed by atoms with Gasteiger partial charge in [-0.2, -0.15) is 0 Å². The highest BCUT2D eigenvalue weighted by molar-refractivity contribution is 5.92. The minimum Gasteiger partial charge on any atom is -0.496 e. The summed E-state index contributed by atoms with van der Waals surface area (Å²) in [6.07, 6.45) is 13.1. The second kappa shape index (κ2) is 11.2. The van der Waals surface area contributed by atoms with Crippen LogP contribution in [0.2, 0.25) is 0 Å². The number of carbonyl (C=O) groups is 2. The third kappa shape index (κ3) is 6.80. The molecule has 2 N–H and O–H groups in total. The van der Waals surface area contributed by atoms with Crippen LogP contribution >= 0.6 is 0 Å². The van der Waals surface area contributed by atoms with E-state index in [1.807, 2.05) is 0 Å². The Morgan fingerprint density at radius 1 is 0.944 bits per heavy atom. The molecule has 0 radical (unpaired) electrons. The smallest absolute Gasteiger partial charge is 0.246 e. The molecule has 5 heteroatoms. The number of ether oxygens (including phenoxy) is 1.